The molecular formula is C24H21ClN4O4. The van der Waals surface area contributed by atoms with Crippen molar-refractivity contribution in [3.63, 3.8) is 0 Å². The summed E-state index contributed by atoms with van der Waals surface area (Å²) in [6.45, 7) is 2.81. The summed E-state index contributed by atoms with van der Waals surface area (Å²) in [6, 6.07) is 17.7. The molecule has 5 rings (SSSR count). The number of carbonyl (C=O) groups is 1. The van der Waals surface area contributed by atoms with Crippen molar-refractivity contribution in [2.24, 2.45) is 0 Å². The Labute approximate surface area is 194 Å². The molecule has 1 aliphatic heterocycles. The SMILES string of the molecule is O=C(c1cc2occc2n1Cc1cccc([N+](=O)[O-])c1)N1CCN(c2ccccc2Cl)CC1. The molecule has 0 N–H and O–H groups in total. The first-order chi connectivity index (χ1) is 16.0. The number of fused-ring (bicyclic) bond motifs is 1. The molecule has 0 bridgehead atoms. The van der Waals surface area contributed by atoms with E-state index in [2.05, 4.69) is 4.90 Å². The first kappa shape index (κ1) is 21.1. The fourth-order valence-electron chi connectivity index (χ4n) is 4.30. The van der Waals surface area contributed by atoms with E-state index in [1.165, 1.54) is 12.1 Å². The fraction of sp³-hybridized carbons (Fsp3) is 0.208. The maximum Gasteiger partial charge on any atom is 0.270 e. The molecule has 4 aromatic rings. The van der Waals surface area contributed by atoms with Gasteiger partial charge in [0.1, 0.15) is 5.69 Å². The number of hydrogen-bond donors (Lipinski definition) is 0. The molecule has 0 radical (unpaired) electrons. The summed E-state index contributed by atoms with van der Waals surface area (Å²) >= 11 is 6.34. The number of nitro benzene ring substituents is 1. The number of carbonyl (C=O) groups excluding carboxylic acids is 1. The van der Waals surface area contributed by atoms with Gasteiger partial charge in [-0.2, -0.15) is 0 Å². The van der Waals surface area contributed by atoms with E-state index < -0.39 is 4.92 Å². The number of anilines is 1. The average molecular weight is 465 g/mol. The van der Waals surface area contributed by atoms with Gasteiger partial charge in [0.2, 0.25) is 0 Å². The zero-order chi connectivity index (χ0) is 22.9. The lowest BCUT2D eigenvalue weighted by molar-refractivity contribution is -0.384. The molecule has 9 heteroatoms. The minimum atomic E-state index is -0.420. The molecule has 2 aromatic heterocycles. The van der Waals surface area contributed by atoms with E-state index in [4.69, 9.17) is 16.0 Å². The molecule has 0 aliphatic carbocycles. The summed E-state index contributed by atoms with van der Waals surface area (Å²) in [7, 11) is 0. The van der Waals surface area contributed by atoms with Crippen molar-refractivity contribution in [2.75, 3.05) is 31.1 Å². The zero-order valence-corrected chi connectivity index (χ0v) is 18.4. The smallest absolute Gasteiger partial charge is 0.270 e. The number of amides is 1. The Morgan fingerprint density at radius 2 is 1.82 bits per heavy atom. The van der Waals surface area contributed by atoms with E-state index >= 15 is 0 Å². The van der Waals surface area contributed by atoms with E-state index in [1.54, 1.807) is 24.5 Å². The zero-order valence-electron chi connectivity index (χ0n) is 17.7. The Balaban J connectivity index is 1.38. The molecule has 0 atom stereocenters. The molecule has 33 heavy (non-hydrogen) atoms. The second-order valence-corrected chi connectivity index (χ2v) is 8.35. The van der Waals surface area contributed by atoms with Crippen LogP contribution in [0.3, 0.4) is 0 Å². The summed E-state index contributed by atoms with van der Waals surface area (Å²) in [6.07, 6.45) is 1.57. The van der Waals surface area contributed by atoms with Crippen LogP contribution in [0.2, 0.25) is 5.02 Å². The van der Waals surface area contributed by atoms with E-state index in [-0.39, 0.29) is 11.6 Å². The number of piperazine rings is 1. The van der Waals surface area contributed by atoms with Gasteiger partial charge in [-0.05, 0) is 17.7 Å². The van der Waals surface area contributed by atoms with Crippen molar-refractivity contribution in [1.29, 1.82) is 0 Å². The van der Waals surface area contributed by atoms with Crippen LogP contribution in [0.1, 0.15) is 16.1 Å². The van der Waals surface area contributed by atoms with Crippen LogP contribution in [0.25, 0.3) is 11.1 Å². The second kappa shape index (κ2) is 8.63. The number of para-hydroxylation sites is 1. The molecule has 1 aliphatic rings. The highest BCUT2D eigenvalue weighted by Gasteiger charge is 2.27. The molecule has 2 aromatic carbocycles. The number of nitrogens with zero attached hydrogens (tertiary/aromatic N) is 4. The van der Waals surface area contributed by atoms with Crippen LogP contribution in [0.4, 0.5) is 11.4 Å². The molecule has 1 saturated heterocycles. The molecule has 1 fully saturated rings. The first-order valence-electron chi connectivity index (χ1n) is 10.6. The number of benzene rings is 2. The summed E-state index contributed by atoms with van der Waals surface area (Å²) < 4.78 is 7.40. The standard InChI is InChI=1S/C24H21ClN4O4/c25-19-6-1-2-7-20(19)26-9-11-27(12-10-26)24(30)22-15-23-21(8-13-33-23)28(22)16-17-4-3-5-18(14-17)29(31)32/h1-8,13-15H,9-12,16H2. The summed E-state index contributed by atoms with van der Waals surface area (Å²) in [4.78, 5) is 28.2. The Morgan fingerprint density at radius 1 is 1.03 bits per heavy atom. The van der Waals surface area contributed by atoms with Crippen LogP contribution in [0.15, 0.2) is 71.3 Å². The number of furan rings is 1. The minimum absolute atomic E-state index is 0.0201. The van der Waals surface area contributed by atoms with Crippen molar-refractivity contribution in [2.45, 2.75) is 6.54 Å². The van der Waals surface area contributed by atoms with Crippen LogP contribution in [0, 0.1) is 10.1 Å². The van der Waals surface area contributed by atoms with Gasteiger partial charge in [-0.3, -0.25) is 14.9 Å². The molecule has 0 unspecified atom stereocenters. The monoisotopic (exact) mass is 464 g/mol. The summed E-state index contributed by atoms with van der Waals surface area (Å²) in [5.74, 6) is -0.0920. The molecule has 3 heterocycles. The van der Waals surface area contributed by atoms with Gasteiger partial charge in [0, 0.05) is 57.0 Å². The van der Waals surface area contributed by atoms with Crippen molar-refractivity contribution in [3.8, 4) is 0 Å². The highest BCUT2D eigenvalue weighted by atomic mass is 35.5. The van der Waals surface area contributed by atoms with E-state index in [0.29, 0.717) is 49.0 Å². The van der Waals surface area contributed by atoms with Crippen molar-refractivity contribution in [1.82, 2.24) is 9.47 Å². The fourth-order valence-corrected chi connectivity index (χ4v) is 4.55. The number of hydrogen-bond acceptors (Lipinski definition) is 5. The topological polar surface area (TPSA) is 84.8 Å². The highest BCUT2D eigenvalue weighted by Crippen LogP contribution is 2.28. The van der Waals surface area contributed by atoms with Gasteiger partial charge < -0.3 is 18.8 Å². The van der Waals surface area contributed by atoms with E-state index in [0.717, 1.165) is 16.8 Å². The largest absolute Gasteiger partial charge is 0.463 e. The van der Waals surface area contributed by atoms with Crippen molar-refractivity contribution in [3.05, 3.63) is 93.3 Å². The lowest BCUT2D eigenvalue weighted by atomic mass is 10.2. The number of nitro groups is 1. The van der Waals surface area contributed by atoms with E-state index in [1.807, 2.05) is 39.8 Å². The first-order valence-corrected chi connectivity index (χ1v) is 11.0. The van der Waals surface area contributed by atoms with Crippen LogP contribution < -0.4 is 4.90 Å². The maximum atomic E-state index is 13.5. The normalized spacial score (nSPS) is 14.1. The van der Waals surface area contributed by atoms with Gasteiger partial charge in [0.15, 0.2) is 5.58 Å². The second-order valence-electron chi connectivity index (χ2n) is 7.94. The Hall–Kier alpha value is -3.78. The van der Waals surface area contributed by atoms with Crippen molar-refractivity contribution < 1.29 is 14.1 Å². The molecule has 0 saturated carbocycles. The third-order valence-electron chi connectivity index (χ3n) is 5.96. The van der Waals surface area contributed by atoms with E-state index in [9.17, 15) is 14.9 Å². The average Bonchev–Trinajstić information content (AvgIpc) is 3.42. The Morgan fingerprint density at radius 3 is 2.58 bits per heavy atom. The summed E-state index contributed by atoms with van der Waals surface area (Å²) in [5, 5.41) is 11.9. The Bertz CT molecular complexity index is 1340. The predicted molar refractivity (Wildman–Crippen MR) is 126 cm³/mol. The molecule has 1 amide bonds. The number of aromatic nitrogens is 1. The van der Waals surface area contributed by atoms with Crippen molar-refractivity contribution >= 4 is 40.0 Å². The third kappa shape index (κ3) is 4.05. The Kier molecular flexibility index (Phi) is 5.51. The maximum absolute atomic E-state index is 13.5. The number of non-ortho nitro benzene ring substituents is 1. The van der Waals surface area contributed by atoms with Gasteiger partial charge in [-0.25, -0.2) is 0 Å². The van der Waals surface area contributed by atoms with Crippen LogP contribution in [-0.2, 0) is 6.54 Å². The minimum Gasteiger partial charge on any atom is -0.463 e. The lowest BCUT2D eigenvalue weighted by Crippen LogP contribution is -2.49. The predicted octanol–water partition coefficient (Wildman–Crippen LogP) is 4.81. The van der Waals surface area contributed by atoms with Crippen LogP contribution in [0.5, 0.6) is 0 Å². The molecule has 168 valence electrons. The third-order valence-corrected chi connectivity index (χ3v) is 6.28. The van der Waals surface area contributed by atoms with Crippen LogP contribution in [-0.4, -0.2) is 46.5 Å². The quantitative estimate of drug-likeness (QED) is 0.312. The molecular weight excluding hydrogens is 444 g/mol. The molecule has 8 nitrogen and oxygen atoms in total. The number of halogens is 1. The van der Waals surface area contributed by atoms with Gasteiger partial charge in [0.05, 0.1) is 27.4 Å². The van der Waals surface area contributed by atoms with Gasteiger partial charge in [-0.15, -0.1) is 0 Å². The number of rotatable bonds is 5. The van der Waals surface area contributed by atoms with Gasteiger partial charge >= 0.3 is 0 Å². The van der Waals surface area contributed by atoms with Gasteiger partial charge in [0.25, 0.3) is 11.6 Å². The van der Waals surface area contributed by atoms with Crippen LogP contribution >= 0.6 is 11.6 Å². The van der Waals surface area contributed by atoms with Gasteiger partial charge in [-0.1, -0.05) is 35.9 Å². The highest BCUT2D eigenvalue weighted by molar-refractivity contribution is 6.33. The molecule has 0 spiro atoms. The lowest BCUT2D eigenvalue weighted by Gasteiger charge is -2.36. The summed E-state index contributed by atoms with van der Waals surface area (Å²) in [5.41, 5.74) is 3.62.